The summed E-state index contributed by atoms with van der Waals surface area (Å²) in [4.78, 5) is 17.7. The Hall–Kier alpha value is -3.05. The number of nitrogens with one attached hydrogen (secondary N) is 1. The molecule has 4 aromatic rings. The second-order valence-electron chi connectivity index (χ2n) is 5.83. The summed E-state index contributed by atoms with van der Waals surface area (Å²) in [5.41, 5.74) is 1.69. The van der Waals surface area contributed by atoms with Crippen LogP contribution in [0, 0.1) is 5.82 Å². The second kappa shape index (κ2) is 7.06. The first-order valence-corrected chi connectivity index (χ1v) is 8.99. The molecule has 0 aliphatic carbocycles. The molecule has 1 atom stereocenters. The summed E-state index contributed by atoms with van der Waals surface area (Å²) in [5.74, 6) is -0.563. The van der Waals surface area contributed by atoms with Crippen molar-refractivity contribution >= 4 is 27.3 Å². The van der Waals surface area contributed by atoms with Crippen LogP contribution in [0.25, 0.3) is 10.1 Å². The molecule has 26 heavy (non-hydrogen) atoms. The van der Waals surface area contributed by atoms with Crippen molar-refractivity contribution in [3.05, 3.63) is 101 Å². The molecule has 128 valence electrons. The normalized spacial score (nSPS) is 12.0. The Bertz CT molecular complexity index is 1010. The van der Waals surface area contributed by atoms with E-state index in [2.05, 4.69) is 10.3 Å². The van der Waals surface area contributed by atoms with E-state index in [9.17, 15) is 9.18 Å². The van der Waals surface area contributed by atoms with Crippen molar-refractivity contribution in [3.63, 3.8) is 0 Å². The van der Waals surface area contributed by atoms with Gasteiger partial charge in [0.25, 0.3) is 5.91 Å². The molecule has 0 bridgehead atoms. The van der Waals surface area contributed by atoms with E-state index >= 15 is 0 Å². The molecule has 1 N–H and O–H groups in total. The maximum Gasteiger partial charge on any atom is 0.262 e. The van der Waals surface area contributed by atoms with E-state index in [1.165, 1.54) is 17.4 Å². The first kappa shape index (κ1) is 16.4. The molecular weight excluding hydrogens is 347 g/mol. The quantitative estimate of drug-likeness (QED) is 0.558. The molecule has 2 aromatic heterocycles. The predicted octanol–water partition coefficient (Wildman–Crippen LogP) is 4.95. The van der Waals surface area contributed by atoms with E-state index < -0.39 is 0 Å². The zero-order valence-corrected chi connectivity index (χ0v) is 14.5. The Morgan fingerprint density at radius 2 is 1.81 bits per heavy atom. The van der Waals surface area contributed by atoms with Gasteiger partial charge in [0, 0.05) is 16.3 Å². The fourth-order valence-corrected chi connectivity index (χ4v) is 3.84. The van der Waals surface area contributed by atoms with Crippen LogP contribution in [0.3, 0.4) is 0 Å². The summed E-state index contributed by atoms with van der Waals surface area (Å²) in [6.07, 6.45) is 1.70. The van der Waals surface area contributed by atoms with Crippen LogP contribution in [0.2, 0.25) is 0 Å². The standard InChI is InChI=1S/C21H15FN2OS/c22-16-9-6-11-18-15(16)13-19(26-18)21(25)24-20(14-7-2-1-3-8-14)17-10-4-5-12-23-17/h1-13,20H,(H,24,25). The maximum atomic E-state index is 13.9. The van der Waals surface area contributed by atoms with Gasteiger partial charge in [-0.2, -0.15) is 0 Å². The Balaban J connectivity index is 1.68. The summed E-state index contributed by atoms with van der Waals surface area (Å²) in [5, 5.41) is 3.50. The van der Waals surface area contributed by atoms with Crippen molar-refractivity contribution in [2.45, 2.75) is 6.04 Å². The molecule has 0 radical (unpaired) electrons. The van der Waals surface area contributed by atoms with Crippen LogP contribution >= 0.6 is 11.3 Å². The number of carbonyl (C=O) groups is 1. The smallest absolute Gasteiger partial charge is 0.262 e. The van der Waals surface area contributed by atoms with Crippen LogP contribution in [0.1, 0.15) is 27.0 Å². The molecule has 0 aliphatic rings. The predicted molar refractivity (Wildman–Crippen MR) is 102 cm³/mol. The van der Waals surface area contributed by atoms with E-state index in [4.69, 9.17) is 0 Å². The molecule has 0 saturated heterocycles. The van der Waals surface area contributed by atoms with Gasteiger partial charge in [-0.1, -0.05) is 42.5 Å². The summed E-state index contributed by atoms with van der Waals surface area (Å²) < 4.78 is 14.7. The van der Waals surface area contributed by atoms with Gasteiger partial charge in [0.15, 0.2) is 0 Å². The third-order valence-electron chi connectivity index (χ3n) is 4.12. The van der Waals surface area contributed by atoms with Crippen molar-refractivity contribution in [2.75, 3.05) is 0 Å². The average molecular weight is 362 g/mol. The number of hydrogen-bond donors (Lipinski definition) is 1. The van der Waals surface area contributed by atoms with Gasteiger partial charge in [0.05, 0.1) is 16.6 Å². The summed E-state index contributed by atoms with van der Waals surface area (Å²) in [7, 11) is 0. The van der Waals surface area contributed by atoms with E-state index in [-0.39, 0.29) is 17.8 Å². The number of thiophene rings is 1. The molecule has 0 aliphatic heterocycles. The lowest BCUT2D eigenvalue weighted by Crippen LogP contribution is -2.29. The van der Waals surface area contributed by atoms with Crippen LogP contribution in [-0.2, 0) is 0 Å². The first-order valence-electron chi connectivity index (χ1n) is 8.17. The minimum absolute atomic E-state index is 0.245. The number of fused-ring (bicyclic) bond motifs is 1. The Labute approximate surface area is 154 Å². The molecule has 4 rings (SSSR count). The number of rotatable bonds is 4. The van der Waals surface area contributed by atoms with Crippen molar-refractivity contribution in [1.82, 2.24) is 10.3 Å². The molecular formula is C21H15FN2OS. The third-order valence-corrected chi connectivity index (χ3v) is 5.22. The van der Waals surface area contributed by atoms with E-state index in [0.29, 0.717) is 10.3 Å². The number of amides is 1. The van der Waals surface area contributed by atoms with E-state index in [1.54, 1.807) is 18.3 Å². The maximum absolute atomic E-state index is 13.9. The van der Waals surface area contributed by atoms with Crippen LogP contribution in [0.5, 0.6) is 0 Å². The van der Waals surface area contributed by atoms with Gasteiger partial charge in [0.1, 0.15) is 5.82 Å². The summed E-state index contributed by atoms with van der Waals surface area (Å²) >= 11 is 1.28. The van der Waals surface area contributed by atoms with Gasteiger partial charge in [0.2, 0.25) is 0 Å². The Morgan fingerprint density at radius 1 is 1.00 bits per heavy atom. The minimum Gasteiger partial charge on any atom is -0.339 e. The number of halogens is 1. The number of nitrogens with zero attached hydrogens (tertiary/aromatic N) is 1. The number of pyridine rings is 1. The molecule has 2 aromatic carbocycles. The first-order chi connectivity index (χ1) is 12.7. The lowest BCUT2D eigenvalue weighted by molar-refractivity contribution is 0.0946. The molecule has 0 fully saturated rings. The molecule has 1 amide bonds. The number of aromatic nitrogens is 1. The van der Waals surface area contributed by atoms with E-state index in [1.807, 2.05) is 54.6 Å². The van der Waals surface area contributed by atoms with Gasteiger partial charge >= 0.3 is 0 Å². The van der Waals surface area contributed by atoms with E-state index in [0.717, 1.165) is 16.0 Å². The monoisotopic (exact) mass is 362 g/mol. The van der Waals surface area contributed by atoms with Crippen molar-refractivity contribution in [2.24, 2.45) is 0 Å². The molecule has 3 nitrogen and oxygen atoms in total. The average Bonchev–Trinajstić information content (AvgIpc) is 3.13. The number of carbonyl (C=O) groups excluding carboxylic acids is 1. The minimum atomic E-state index is -0.375. The van der Waals surface area contributed by atoms with Crippen molar-refractivity contribution < 1.29 is 9.18 Å². The lowest BCUT2D eigenvalue weighted by Gasteiger charge is -2.18. The van der Waals surface area contributed by atoms with Crippen LogP contribution in [0.15, 0.2) is 79.0 Å². The zero-order chi connectivity index (χ0) is 17.9. The van der Waals surface area contributed by atoms with Gasteiger partial charge in [-0.05, 0) is 35.9 Å². The van der Waals surface area contributed by atoms with Crippen molar-refractivity contribution in [3.8, 4) is 0 Å². The second-order valence-corrected chi connectivity index (χ2v) is 6.92. The highest BCUT2D eigenvalue weighted by molar-refractivity contribution is 7.20. The summed E-state index contributed by atoms with van der Waals surface area (Å²) in [6.45, 7) is 0. The topological polar surface area (TPSA) is 42.0 Å². The van der Waals surface area contributed by atoms with Gasteiger partial charge in [-0.3, -0.25) is 9.78 Å². The highest BCUT2D eigenvalue weighted by Crippen LogP contribution is 2.28. The highest BCUT2D eigenvalue weighted by Gasteiger charge is 2.20. The van der Waals surface area contributed by atoms with Gasteiger partial charge < -0.3 is 5.32 Å². The molecule has 5 heteroatoms. The van der Waals surface area contributed by atoms with Crippen LogP contribution in [0.4, 0.5) is 4.39 Å². The molecule has 2 heterocycles. The Morgan fingerprint density at radius 3 is 2.54 bits per heavy atom. The van der Waals surface area contributed by atoms with Gasteiger partial charge in [-0.15, -0.1) is 11.3 Å². The molecule has 0 spiro atoms. The van der Waals surface area contributed by atoms with Crippen LogP contribution < -0.4 is 5.32 Å². The SMILES string of the molecule is O=C(NC(c1ccccc1)c1ccccn1)c1cc2c(F)cccc2s1. The highest BCUT2D eigenvalue weighted by atomic mass is 32.1. The fourth-order valence-electron chi connectivity index (χ4n) is 2.86. The van der Waals surface area contributed by atoms with Crippen molar-refractivity contribution in [1.29, 1.82) is 0 Å². The third kappa shape index (κ3) is 3.21. The zero-order valence-electron chi connectivity index (χ0n) is 13.7. The van der Waals surface area contributed by atoms with Gasteiger partial charge in [-0.25, -0.2) is 4.39 Å². The largest absolute Gasteiger partial charge is 0.339 e. The summed E-state index contributed by atoms with van der Waals surface area (Å²) in [6, 6.07) is 21.4. The molecule has 1 unspecified atom stereocenters. The number of hydrogen-bond acceptors (Lipinski definition) is 3. The lowest BCUT2D eigenvalue weighted by atomic mass is 10.0. The Kier molecular flexibility index (Phi) is 4.46. The number of benzene rings is 2. The molecule has 0 saturated carbocycles. The fraction of sp³-hybridized carbons (Fsp3) is 0.0476. The van der Waals surface area contributed by atoms with Crippen LogP contribution in [-0.4, -0.2) is 10.9 Å².